The van der Waals surface area contributed by atoms with E-state index in [1.54, 1.807) is 18.2 Å². The van der Waals surface area contributed by atoms with Crippen LogP contribution in [0.4, 0.5) is 0 Å². The van der Waals surface area contributed by atoms with Crippen molar-refractivity contribution < 1.29 is 8.42 Å². The molecule has 1 aromatic heterocycles. The van der Waals surface area contributed by atoms with Crippen molar-refractivity contribution in [1.29, 1.82) is 0 Å². The van der Waals surface area contributed by atoms with E-state index in [4.69, 9.17) is 0 Å². The van der Waals surface area contributed by atoms with Gasteiger partial charge in [0.15, 0.2) is 11.0 Å². The molecule has 3 aromatic rings. The van der Waals surface area contributed by atoms with Crippen LogP contribution in [0.15, 0.2) is 64.6 Å². The van der Waals surface area contributed by atoms with Crippen molar-refractivity contribution in [3.63, 3.8) is 0 Å². The summed E-state index contributed by atoms with van der Waals surface area (Å²) in [6.45, 7) is 0. The Labute approximate surface area is 157 Å². The Kier molecular flexibility index (Phi) is 5.45. The average molecular weight is 389 g/mol. The molecule has 3 rings (SSSR count). The van der Waals surface area contributed by atoms with Gasteiger partial charge in [-0.15, -0.1) is 10.2 Å². The quantitative estimate of drug-likeness (QED) is 0.607. The van der Waals surface area contributed by atoms with Crippen molar-refractivity contribution in [1.82, 2.24) is 19.1 Å². The summed E-state index contributed by atoms with van der Waals surface area (Å²) < 4.78 is 27.7. The maximum absolute atomic E-state index is 12.3. The molecule has 0 bridgehead atoms. The zero-order valence-corrected chi connectivity index (χ0v) is 16.5. The smallest absolute Gasteiger partial charge is 0.242 e. The first-order valence-electron chi connectivity index (χ1n) is 7.98. The summed E-state index contributed by atoms with van der Waals surface area (Å²) in [5.74, 6) is 1.41. The third-order valence-electron chi connectivity index (χ3n) is 3.91. The summed E-state index contributed by atoms with van der Waals surface area (Å²) in [5.41, 5.74) is 1.93. The van der Waals surface area contributed by atoms with Crippen LogP contribution in [0.3, 0.4) is 0 Å². The predicted molar refractivity (Wildman–Crippen MR) is 103 cm³/mol. The number of benzene rings is 2. The largest absolute Gasteiger partial charge is 0.305 e. The number of nitrogens with zero attached hydrogens (tertiary/aromatic N) is 4. The first-order valence-corrected chi connectivity index (χ1v) is 10.4. The lowest BCUT2D eigenvalue weighted by atomic mass is 10.2. The monoisotopic (exact) mass is 388 g/mol. The van der Waals surface area contributed by atoms with E-state index in [2.05, 4.69) is 10.2 Å². The fourth-order valence-corrected chi connectivity index (χ4v) is 4.26. The van der Waals surface area contributed by atoms with Crippen LogP contribution in [0.1, 0.15) is 5.56 Å². The molecule has 136 valence electrons. The number of aromatic nitrogens is 3. The van der Waals surface area contributed by atoms with Crippen LogP contribution >= 0.6 is 11.8 Å². The molecule has 0 spiro atoms. The predicted octanol–water partition coefficient (Wildman–Crippen LogP) is 3.02. The molecule has 0 saturated carbocycles. The summed E-state index contributed by atoms with van der Waals surface area (Å²) >= 11 is 1.52. The van der Waals surface area contributed by atoms with E-state index >= 15 is 0 Å². The molecule has 0 radical (unpaired) electrons. The van der Waals surface area contributed by atoms with Crippen LogP contribution in [0, 0.1) is 0 Å². The summed E-state index contributed by atoms with van der Waals surface area (Å²) in [4.78, 5) is 0.295. The molecule has 8 heteroatoms. The molecule has 0 aliphatic heterocycles. The van der Waals surface area contributed by atoms with Gasteiger partial charge >= 0.3 is 0 Å². The zero-order valence-electron chi connectivity index (χ0n) is 14.8. The van der Waals surface area contributed by atoms with E-state index in [1.165, 1.54) is 30.2 Å². The van der Waals surface area contributed by atoms with Gasteiger partial charge in [-0.3, -0.25) is 0 Å². The van der Waals surface area contributed by atoms with Gasteiger partial charge in [0, 0.05) is 32.5 Å². The topological polar surface area (TPSA) is 68.1 Å². The van der Waals surface area contributed by atoms with Crippen LogP contribution in [-0.4, -0.2) is 41.6 Å². The SMILES string of the molecule is CN(C)S(=O)(=O)c1cccc(CSc2nnc(-c3ccccc3)n2C)c1. The van der Waals surface area contributed by atoms with Crippen molar-refractivity contribution >= 4 is 21.8 Å². The highest BCUT2D eigenvalue weighted by molar-refractivity contribution is 7.98. The highest BCUT2D eigenvalue weighted by Crippen LogP contribution is 2.26. The average Bonchev–Trinajstić information content (AvgIpc) is 3.01. The summed E-state index contributed by atoms with van der Waals surface area (Å²) in [5, 5.41) is 9.31. The molecule has 2 aromatic carbocycles. The Bertz CT molecular complexity index is 999. The highest BCUT2D eigenvalue weighted by atomic mass is 32.2. The van der Waals surface area contributed by atoms with Crippen molar-refractivity contribution in [3.8, 4) is 11.4 Å². The van der Waals surface area contributed by atoms with Crippen molar-refractivity contribution in [2.24, 2.45) is 7.05 Å². The van der Waals surface area contributed by atoms with E-state index in [1.807, 2.05) is 48.0 Å². The third-order valence-corrected chi connectivity index (χ3v) is 6.81. The van der Waals surface area contributed by atoms with Gasteiger partial charge in [-0.05, 0) is 17.7 Å². The molecule has 1 heterocycles. The van der Waals surface area contributed by atoms with Crippen molar-refractivity contribution in [3.05, 3.63) is 60.2 Å². The summed E-state index contributed by atoms with van der Waals surface area (Å²) in [6.07, 6.45) is 0. The van der Waals surface area contributed by atoms with E-state index in [0.717, 1.165) is 22.1 Å². The maximum Gasteiger partial charge on any atom is 0.242 e. The Morgan fingerprint density at radius 1 is 1.04 bits per heavy atom. The fourth-order valence-electron chi connectivity index (χ4n) is 2.43. The Hall–Kier alpha value is -2.16. The molecule has 0 unspecified atom stereocenters. The van der Waals surface area contributed by atoms with E-state index in [0.29, 0.717) is 10.6 Å². The molecular formula is C18H20N4O2S2. The van der Waals surface area contributed by atoms with Crippen LogP contribution in [0.2, 0.25) is 0 Å². The van der Waals surface area contributed by atoms with Crippen LogP contribution in [-0.2, 0) is 22.8 Å². The highest BCUT2D eigenvalue weighted by Gasteiger charge is 2.17. The number of hydrogen-bond acceptors (Lipinski definition) is 5. The van der Waals surface area contributed by atoms with Gasteiger partial charge in [-0.2, -0.15) is 0 Å². The second-order valence-corrected chi connectivity index (χ2v) is 9.05. The maximum atomic E-state index is 12.3. The molecule has 0 aliphatic rings. The number of rotatable bonds is 6. The van der Waals surface area contributed by atoms with Crippen LogP contribution in [0.25, 0.3) is 11.4 Å². The van der Waals surface area contributed by atoms with E-state index in [-0.39, 0.29) is 0 Å². The van der Waals surface area contributed by atoms with Gasteiger partial charge in [-0.1, -0.05) is 54.2 Å². The molecule has 0 saturated heterocycles. The molecule has 0 amide bonds. The van der Waals surface area contributed by atoms with Gasteiger partial charge in [0.1, 0.15) is 0 Å². The molecule has 0 fully saturated rings. The lowest BCUT2D eigenvalue weighted by Crippen LogP contribution is -2.22. The third kappa shape index (κ3) is 3.82. The molecule has 0 aliphatic carbocycles. The normalized spacial score (nSPS) is 11.8. The van der Waals surface area contributed by atoms with Crippen LogP contribution in [0.5, 0.6) is 0 Å². The minimum atomic E-state index is -3.43. The van der Waals surface area contributed by atoms with Gasteiger partial charge in [0.25, 0.3) is 0 Å². The minimum absolute atomic E-state index is 0.295. The van der Waals surface area contributed by atoms with Crippen molar-refractivity contribution in [2.75, 3.05) is 14.1 Å². The Balaban J connectivity index is 1.78. The number of sulfonamides is 1. The number of thioether (sulfide) groups is 1. The molecule has 0 atom stereocenters. The summed E-state index contributed by atoms with van der Waals surface area (Å²) in [6, 6.07) is 16.9. The lowest BCUT2D eigenvalue weighted by molar-refractivity contribution is 0.520. The first kappa shape index (κ1) is 18.6. The van der Waals surface area contributed by atoms with E-state index < -0.39 is 10.0 Å². The number of hydrogen-bond donors (Lipinski definition) is 0. The minimum Gasteiger partial charge on any atom is -0.305 e. The van der Waals surface area contributed by atoms with Crippen molar-refractivity contribution in [2.45, 2.75) is 15.8 Å². The Morgan fingerprint density at radius 3 is 2.46 bits per heavy atom. The molecular weight excluding hydrogens is 368 g/mol. The van der Waals surface area contributed by atoms with Crippen LogP contribution < -0.4 is 0 Å². The van der Waals surface area contributed by atoms with E-state index in [9.17, 15) is 8.42 Å². The van der Waals surface area contributed by atoms with Gasteiger partial charge in [0.05, 0.1) is 4.90 Å². The first-order chi connectivity index (χ1) is 12.4. The molecule has 0 N–H and O–H groups in total. The standard InChI is InChI=1S/C18H20N4O2S2/c1-21(2)26(23,24)16-11-7-8-14(12-16)13-25-18-20-19-17(22(18)3)15-9-5-4-6-10-15/h4-12H,13H2,1-3H3. The van der Waals surface area contributed by atoms with Gasteiger partial charge in [0.2, 0.25) is 10.0 Å². The lowest BCUT2D eigenvalue weighted by Gasteiger charge is -2.12. The Morgan fingerprint density at radius 2 is 1.77 bits per heavy atom. The molecule has 26 heavy (non-hydrogen) atoms. The summed E-state index contributed by atoms with van der Waals surface area (Å²) in [7, 11) is 1.56. The fraction of sp³-hybridized carbons (Fsp3) is 0.222. The molecule has 6 nitrogen and oxygen atoms in total. The second kappa shape index (κ2) is 7.61. The zero-order chi connectivity index (χ0) is 18.7. The second-order valence-electron chi connectivity index (χ2n) is 5.95. The van der Waals surface area contributed by atoms with Gasteiger partial charge < -0.3 is 4.57 Å². The van der Waals surface area contributed by atoms with Gasteiger partial charge in [-0.25, -0.2) is 12.7 Å².